The van der Waals surface area contributed by atoms with Gasteiger partial charge in [0.25, 0.3) is 11.8 Å². The molecule has 4 N–H and O–H groups in total. The third kappa shape index (κ3) is 5.90. The molecule has 2 saturated heterocycles. The van der Waals surface area contributed by atoms with Gasteiger partial charge in [0.2, 0.25) is 0 Å². The molecule has 1 aromatic heterocycles. The molecule has 3 rings (SSSR count). The van der Waals surface area contributed by atoms with Gasteiger partial charge in [-0.05, 0) is 7.05 Å². The average Bonchev–Trinajstić information content (AvgIpc) is 3.17. The summed E-state index contributed by atoms with van der Waals surface area (Å²) in [5.41, 5.74) is 5.50. The molecule has 0 radical (unpaired) electrons. The van der Waals surface area contributed by atoms with Crippen LogP contribution >= 0.6 is 35.3 Å². The van der Waals surface area contributed by atoms with Gasteiger partial charge in [-0.15, -0.1) is 11.3 Å². The molecule has 13 nitrogen and oxygen atoms in total. The van der Waals surface area contributed by atoms with Crippen molar-refractivity contribution in [1.82, 2.24) is 24.4 Å². The van der Waals surface area contributed by atoms with Gasteiger partial charge in [-0.25, -0.2) is 9.29 Å². The van der Waals surface area contributed by atoms with Crippen LogP contribution in [0.2, 0.25) is 0 Å². The van der Waals surface area contributed by atoms with E-state index < -0.39 is 34.2 Å². The highest BCUT2D eigenvalue weighted by Gasteiger charge is 2.54. The van der Waals surface area contributed by atoms with Crippen LogP contribution in [0.1, 0.15) is 5.69 Å². The van der Waals surface area contributed by atoms with Crippen LogP contribution in [-0.2, 0) is 24.7 Å². The first-order valence-corrected chi connectivity index (χ1v) is 13.2. The lowest BCUT2D eigenvalue weighted by atomic mass is 10.0. The van der Waals surface area contributed by atoms with Crippen molar-refractivity contribution < 1.29 is 27.4 Å². The van der Waals surface area contributed by atoms with E-state index in [1.165, 1.54) is 24.3 Å². The Labute approximate surface area is 204 Å². The minimum absolute atomic E-state index is 0.0437. The number of carbonyl (C=O) groups excluding carboxylic acids is 2. The van der Waals surface area contributed by atoms with Gasteiger partial charge >= 0.3 is 10.3 Å². The van der Waals surface area contributed by atoms with Crippen LogP contribution in [0.15, 0.2) is 10.5 Å². The van der Waals surface area contributed by atoms with Crippen molar-refractivity contribution in [2.75, 3.05) is 51.8 Å². The number of hydrogen-bond acceptors (Lipinski definition) is 12. The Morgan fingerprint density at radius 1 is 1.45 bits per heavy atom. The highest BCUT2D eigenvalue weighted by atomic mass is 32.2. The molecule has 2 amide bonds. The van der Waals surface area contributed by atoms with Gasteiger partial charge in [-0.2, -0.15) is 8.42 Å². The van der Waals surface area contributed by atoms with Crippen molar-refractivity contribution in [1.29, 1.82) is 0 Å². The number of oxime groups is 1. The summed E-state index contributed by atoms with van der Waals surface area (Å²) in [5, 5.41) is 7.78. The maximum absolute atomic E-state index is 12.8. The Morgan fingerprint density at radius 2 is 2.12 bits per heavy atom. The van der Waals surface area contributed by atoms with E-state index in [4.69, 9.17) is 22.8 Å². The van der Waals surface area contributed by atoms with E-state index in [9.17, 15) is 22.6 Å². The largest absolute Gasteiger partial charge is 0.398 e. The standard InChI is InChI=1S/C16H23N7O6S4/c1-21-3-5-22(6-4-21)16(30)32-8-10-12(14(25)23(10)33(26,27)28)19-13(24)11(20-29-2)9-7-31-15(17)18-9/h7,10,12H,3-6,8H2,1-2H3,(H2,17,18)(H,19,24)(H,26,27,28)/b20-11-/t10-,12+/m1/s1. The van der Waals surface area contributed by atoms with Gasteiger partial charge in [0, 0.05) is 37.3 Å². The summed E-state index contributed by atoms with van der Waals surface area (Å²) in [7, 11) is -1.58. The normalized spacial score (nSPS) is 22.2. The molecule has 0 unspecified atom stereocenters. The number of thioether (sulfide) groups is 1. The van der Waals surface area contributed by atoms with Gasteiger partial charge in [0.05, 0.1) is 6.04 Å². The molecule has 2 atom stereocenters. The SMILES string of the molecule is CO/N=C(\C(=O)N[C@@H]1C(=O)N(S(=O)(=O)O)[C@@H]1CSC(=S)N1CCN(C)CC1)c1csc(N)n1. The number of hydrogen-bond donors (Lipinski definition) is 3. The summed E-state index contributed by atoms with van der Waals surface area (Å²) >= 11 is 7.70. The van der Waals surface area contributed by atoms with Gasteiger partial charge in [-0.1, -0.05) is 29.1 Å². The number of carbonyl (C=O) groups is 2. The summed E-state index contributed by atoms with van der Waals surface area (Å²) in [6.07, 6.45) is 0. The van der Waals surface area contributed by atoms with Gasteiger partial charge in [-0.3, -0.25) is 14.1 Å². The summed E-state index contributed by atoms with van der Waals surface area (Å²) in [6.45, 7) is 3.12. The Morgan fingerprint density at radius 3 is 2.67 bits per heavy atom. The zero-order valence-electron chi connectivity index (χ0n) is 17.7. The maximum atomic E-state index is 12.8. The zero-order chi connectivity index (χ0) is 24.3. The number of aromatic nitrogens is 1. The molecule has 17 heteroatoms. The van der Waals surface area contributed by atoms with E-state index in [-0.39, 0.29) is 22.3 Å². The van der Waals surface area contributed by atoms with Crippen LogP contribution in [0.5, 0.6) is 0 Å². The van der Waals surface area contributed by atoms with E-state index in [0.717, 1.165) is 37.5 Å². The molecule has 3 heterocycles. The van der Waals surface area contributed by atoms with Crippen LogP contribution in [0, 0.1) is 0 Å². The smallest absolute Gasteiger partial charge is 0.362 e. The Hall–Kier alpha value is -2.05. The third-order valence-electron chi connectivity index (χ3n) is 5.01. The molecular weight excluding hydrogens is 514 g/mol. The second-order valence-electron chi connectivity index (χ2n) is 7.19. The second kappa shape index (κ2) is 10.5. The zero-order valence-corrected chi connectivity index (χ0v) is 21.0. The third-order valence-corrected chi connectivity index (χ3v) is 8.25. The molecule has 0 aromatic carbocycles. The first-order valence-electron chi connectivity index (χ1n) is 9.57. The summed E-state index contributed by atoms with van der Waals surface area (Å²) in [5.74, 6) is -1.74. The van der Waals surface area contributed by atoms with Gasteiger partial charge in [0.1, 0.15) is 23.2 Å². The van der Waals surface area contributed by atoms with Crippen LogP contribution in [0.3, 0.4) is 0 Å². The number of thiocarbonyl (C=S) groups is 1. The molecule has 2 fully saturated rings. The highest BCUT2D eigenvalue weighted by Crippen LogP contribution is 2.28. The van der Waals surface area contributed by atoms with Crippen molar-refractivity contribution in [2.45, 2.75) is 12.1 Å². The molecule has 33 heavy (non-hydrogen) atoms. The summed E-state index contributed by atoms with van der Waals surface area (Å²) in [6, 6.07) is -2.27. The Kier molecular flexibility index (Phi) is 8.12. The Balaban J connectivity index is 1.71. The van der Waals surface area contributed by atoms with Crippen LogP contribution < -0.4 is 11.1 Å². The number of thiazole rings is 1. The second-order valence-corrected chi connectivity index (χ2v) is 11.0. The molecule has 0 bridgehead atoms. The number of β-lactam (4-membered cyclic amide) rings is 1. The molecule has 0 saturated carbocycles. The lowest BCUT2D eigenvalue weighted by molar-refractivity contribution is -0.143. The minimum Gasteiger partial charge on any atom is -0.398 e. The van der Waals surface area contributed by atoms with E-state index in [1.54, 1.807) is 0 Å². The van der Waals surface area contributed by atoms with Crippen molar-refractivity contribution in [3.8, 4) is 0 Å². The van der Waals surface area contributed by atoms with E-state index in [1.807, 2.05) is 11.9 Å². The number of nitrogen functional groups attached to an aromatic ring is 1. The maximum Gasteiger partial charge on any atom is 0.362 e. The van der Waals surface area contributed by atoms with Crippen molar-refractivity contribution >= 4 is 72.6 Å². The summed E-state index contributed by atoms with van der Waals surface area (Å²) < 4.78 is 33.8. The number of nitrogens with one attached hydrogen (secondary N) is 1. The molecule has 182 valence electrons. The van der Waals surface area contributed by atoms with Crippen LogP contribution in [0.25, 0.3) is 0 Å². The molecule has 0 aliphatic carbocycles. The molecule has 1 aromatic rings. The van der Waals surface area contributed by atoms with E-state index in [2.05, 4.69) is 20.4 Å². The van der Waals surface area contributed by atoms with Crippen molar-refractivity contribution in [3.63, 3.8) is 0 Å². The molecule has 2 aliphatic heterocycles. The lowest BCUT2D eigenvalue weighted by Gasteiger charge is -2.44. The number of nitrogens with two attached hydrogens (primary N) is 1. The number of nitrogens with zero attached hydrogens (tertiary/aromatic N) is 5. The number of anilines is 1. The van der Waals surface area contributed by atoms with Crippen molar-refractivity contribution in [3.05, 3.63) is 11.1 Å². The fraction of sp³-hybridized carbons (Fsp3) is 0.562. The predicted octanol–water partition coefficient (Wildman–Crippen LogP) is -1.16. The minimum atomic E-state index is -4.82. The quantitative estimate of drug-likeness (QED) is 0.125. The lowest BCUT2D eigenvalue weighted by Crippen LogP contribution is -2.73. The predicted molar refractivity (Wildman–Crippen MR) is 128 cm³/mol. The van der Waals surface area contributed by atoms with Gasteiger partial charge < -0.3 is 25.7 Å². The fourth-order valence-electron chi connectivity index (χ4n) is 3.26. The number of rotatable bonds is 7. The van der Waals surface area contributed by atoms with Crippen LogP contribution in [-0.4, -0.2) is 112 Å². The van der Waals surface area contributed by atoms with E-state index in [0.29, 0.717) is 8.63 Å². The summed E-state index contributed by atoms with van der Waals surface area (Å²) in [4.78, 5) is 38.1. The first kappa shape index (κ1) is 25.6. The molecule has 2 aliphatic rings. The van der Waals surface area contributed by atoms with Gasteiger partial charge in [0.15, 0.2) is 10.8 Å². The molecular formula is C16H23N7O6S4. The first-order chi connectivity index (χ1) is 15.5. The van der Waals surface area contributed by atoms with E-state index >= 15 is 0 Å². The van der Waals surface area contributed by atoms with Crippen molar-refractivity contribution in [2.24, 2.45) is 5.16 Å². The highest BCUT2D eigenvalue weighted by molar-refractivity contribution is 8.22. The monoisotopic (exact) mass is 537 g/mol. The fourth-order valence-corrected chi connectivity index (χ4v) is 6.19. The number of likely N-dealkylation sites (N-methyl/N-ethyl adjacent to an activating group) is 1. The topological polar surface area (TPSA) is 171 Å². The Bertz CT molecular complexity index is 1050. The van der Waals surface area contributed by atoms with Crippen LogP contribution in [0.4, 0.5) is 5.13 Å². The number of amides is 2. The molecule has 0 spiro atoms. The average molecular weight is 538 g/mol. The number of piperazine rings is 1.